The fourth-order valence-corrected chi connectivity index (χ4v) is 2.93. The summed E-state index contributed by atoms with van der Waals surface area (Å²) in [6, 6.07) is 18.6. The highest BCUT2D eigenvalue weighted by atomic mass is 35.5. The number of nitrogens with one attached hydrogen (secondary N) is 1. The third-order valence-electron chi connectivity index (χ3n) is 3.68. The molecule has 1 aromatic heterocycles. The molecule has 2 aromatic carbocycles. The quantitative estimate of drug-likeness (QED) is 0.643. The van der Waals surface area contributed by atoms with E-state index in [-0.39, 0.29) is 0 Å². The lowest BCUT2D eigenvalue weighted by Gasteiger charge is -2.11. The summed E-state index contributed by atoms with van der Waals surface area (Å²) in [4.78, 5) is 0. The van der Waals surface area contributed by atoms with Gasteiger partial charge in [0.1, 0.15) is 11.5 Å². The molecule has 0 radical (unpaired) electrons. The molecule has 2 N–H and O–H groups in total. The summed E-state index contributed by atoms with van der Waals surface area (Å²) in [6.07, 6.45) is -0.550. The zero-order chi connectivity index (χ0) is 16.9. The third-order valence-corrected chi connectivity index (χ3v) is 4.23. The second-order valence-electron chi connectivity index (χ2n) is 5.45. The Morgan fingerprint density at radius 2 is 1.79 bits per heavy atom. The molecule has 124 valence electrons. The molecule has 0 bridgehead atoms. The van der Waals surface area contributed by atoms with Crippen LogP contribution in [-0.2, 0) is 6.54 Å². The maximum Gasteiger partial charge on any atom is 0.135 e. The van der Waals surface area contributed by atoms with Crippen molar-refractivity contribution in [3.63, 3.8) is 0 Å². The van der Waals surface area contributed by atoms with Crippen LogP contribution in [0.15, 0.2) is 65.1 Å². The predicted molar refractivity (Wildman–Crippen MR) is 97.3 cm³/mol. The van der Waals surface area contributed by atoms with Gasteiger partial charge in [0.05, 0.1) is 17.7 Å². The summed E-state index contributed by atoms with van der Waals surface area (Å²) in [5.74, 6) is 1.47. The molecule has 0 spiro atoms. The lowest BCUT2D eigenvalue weighted by atomic mass is 10.1. The number of halogens is 2. The summed E-state index contributed by atoms with van der Waals surface area (Å²) >= 11 is 12.1. The summed E-state index contributed by atoms with van der Waals surface area (Å²) in [5.41, 5.74) is 1.69. The smallest absolute Gasteiger partial charge is 0.135 e. The van der Waals surface area contributed by atoms with E-state index in [4.69, 9.17) is 27.6 Å². The molecule has 0 unspecified atom stereocenters. The topological polar surface area (TPSA) is 45.4 Å². The Bertz CT molecular complexity index is 802. The van der Waals surface area contributed by atoms with Gasteiger partial charge in [-0.15, -0.1) is 0 Å². The van der Waals surface area contributed by atoms with Gasteiger partial charge in [0.15, 0.2) is 0 Å². The van der Waals surface area contributed by atoms with Gasteiger partial charge in [-0.1, -0.05) is 53.5 Å². The number of hydrogen-bond acceptors (Lipinski definition) is 3. The summed E-state index contributed by atoms with van der Waals surface area (Å²) < 4.78 is 5.81. The van der Waals surface area contributed by atoms with Crippen molar-refractivity contribution in [3.05, 3.63) is 82.0 Å². The molecule has 3 rings (SSSR count). The van der Waals surface area contributed by atoms with Crippen molar-refractivity contribution in [1.29, 1.82) is 0 Å². The molecule has 0 aliphatic rings. The van der Waals surface area contributed by atoms with E-state index in [9.17, 15) is 5.11 Å². The van der Waals surface area contributed by atoms with Gasteiger partial charge in [-0.3, -0.25) is 0 Å². The third kappa shape index (κ3) is 4.19. The van der Waals surface area contributed by atoms with Crippen molar-refractivity contribution in [2.24, 2.45) is 0 Å². The Balaban J connectivity index is 1.58. The van der Waals surface area contributed by atoms with Crippen molar-refractivity contribution in [2.75, 3.05) is 6.54 Å². The Morgan fingerprint density at radius 3 is 2.54 bits per heavy atom. The van der Waals surface area contributed by atoms with E-state index in [1.165, 1.54) is 0 Å². The zero-order valence-corrected chi connectivity index (χ0v) is 14.4. The summed E-state index contributed by atoms with van der Waals surface area (Å²) in [5, 5.41) is 14.5. The lowest BCUT2D eigenvalue weighted by Crippen LogP contribution is -2.20. The van der Waals surface area contributed by atoms with Crippen molar-refractivity contribution < 1.29 is 9.52 Å². The highest BCUT2D eigenvalue weighted by Crippen LogP contribution is 2.31. The first kappa shape index (κ1) is 17.1. The van der Waals surface area contributed by atoms with Crippen LogP contribution in [0, 0.1) is 0 Å². The Hall–Kier alpha value is -1.78. The van der Waals surface area contributed by atoms with Crippen LogP contribution in [0.5, 0.6) is 0 Å². The van der Waals surface area contributed by atoms with E-state index in [0.29, 0.717) is 28.9 Å². The molecule has 24 heavy (non-hydrogen) atoms. The molecule has 5 heteroatoms. The first-order chi connectivity index (χ1) is 11.6. The second kappa shape index (κ2) is 7.86. The van der Waals surface area contributed by atoms with E-state index in [0.717, 1.165) is 16.9 Å². The van der Waals surface area contributed by atoms with E-state index in [2.05, 4.69) is 5.32 Å². The van der Waals surface area contributed by atoms with Crippen LogP contribution in [0.1, 0.15) is 17.4 Å². The van der Waals surface area contributed by atoms with Crippen molar-refractivity contribution in [1.82, 2.24) is 5.32 Å². The van der Waals surface area contributed by atoms with Gasteiger partial charge in [0.2, 0.25) is 0 Å². The minimum absolute atomic E-state index is 0.446. The maximum absolute atomic E-state index is 10.1. The molecule has 0 saturated heterocycles. The monoisotopic (exact) mass is 361 g/mol. The number of aliphatic hydroxyl groups excluding tert-OH is 1. The normalized spacial score (nSPS) is 12.3. The highest BCUT2D eigenvalue weighted by molar-refractivity contribution is 6.36. The van der Waals surface area contributed by atoms with Crippen LogP contribution in [0.3, 0.4) is 0 Å². The molecule has 3 nitrogen and oxygen atoms in total. The van der Waals surface area contributed by atoms with Crippen LogP contribution in [0.2, 0.25) is 10.0 Å². The number of aliphatic hydroxyl groups is 1. The van der Waals surface area contributed by atoms with Crippen LogP contribution in [-0.4, -0.2) is 11.7 Å². The number of furan rings is 1. The first-order valence-electron chi connectivity index (χ1n) is 7.61. The van der Waals surface area contributed by atoms with Gasteiger partial charge in [0.25, 0.3) is 0 Å². The number of benzene rings is 2. The SMILES string of the molecule is O[C@H](CNCc1ccc(-c2ccc(Cl)cc2Cl)o1)c1ccccc1. The van der Waals surface area contributed by atoms with Gasteiger partial charge in [0, 0.05) is 17.1 Å². The first-order valence-corrected chi connectivity index (χ1v) is 8.37. The molecule has 0 aliphatic carbocycles. The average Bonchev–Trinajstić information content (AvgIpc) is 3.04. The number of rotatable bonds is 6. The lowest BCUT2D eigenvalue weighted by molar-refractivity contribution is 0.173. The predicted octanol–water partition coefficient (Wildman–Crippen LogP) is 5.08. The van der Waals surface area contributed by atoms with Crippen molar-refractivity contribution in [3.8, 4) is 11.3 Å². The van der Waals surface area contributed by atoms with E-state index < -0.39 is 6.10 Å². The van der Waals surface area contributed by atoms with Gasteiger partial charge in [-0.2, -0.15) is 0 Å². The standard InChI is InChI=1S/C19H17Cl2NO2/c20-14-6-8-16(17(21)10-14)19-9-7-15(24-19)11-22-12-18(23)13-4-2-1-3-5-13/h1-10,18,22-23H,11-12H2/t18-/m1/s1. The van der Waals surface area contributed by atoms with Crippen LogP contribution in [0.4, 0.5) is 0 Å². The average molecular weight is 362 g/mol. The molecule has 1 atom stereocenters. The highest BCUT2D eigenvalue weighted by Gasteiger charge is 2.10. The zero-order valence-electron chi connectivity index (χ0n) is 12.9. The van der Waals surface area contributed by atoms with E-state index in [1.807, 2.05) is 48.5 Å². The fraction of sp³-hybridized carbons (Fsp3) is 0.158. The Labute approximate surface area is 150 Å². The molecule has 0 amide bonds. The molecule has 0 fully saturated rings. The number of hydrogen-bond donors (Lipinski definition) is 2. The molecule has 3 aromatic rings. The van der Waals surface area contributed by atoms with Crippen LogP contribution >= 0.6 is 23.2 Å². The molecule has 0 aliphatic heterocycles. The largest absolute Gasteiger partial charge is 0.460 e. The maximum atomic E-state index is 10.1. The molecular weight excluding hydrogens is 345 g/mol. The Kier molecular flexibility index (Phi) is 5.59. The van der Waals surface area contributed by atoms with Crippen molar-refractivity contribution >= 4 is 23.2 Å². The second-order valence-corrected chi connectivity index (χ2v) is 6.29. The van der Waals surface area contributed by atoms with Gasteiger partial charge >= 0.3 is 0 Å². The minimum Gasteiger partial charge on any atom is -0.460 e. The van der Waals surface area contributed by atoms with Gasteiger partial charge in [-0.05, 0) is 35.9 Å². The van der Waals surface area contributed by atoms with Gasteiger partial charge < -0.3 is 14.8 Å². The molecule has 0 saturated carbocycles. The summed E-state index contributed by atoms with van der Waals surface area (Å²) in [7, 11) is 0. The van der Waals surface area contributed by atoms with Gasteiger partial charge in [-0.25, -0.2) is 0 Å². The van der Waals surface area contributed by atoms with E-state index >= 15 is 0 Å². The minimum atomic E-state index is -0.550. The van der Waals surface area contributed by atoms with Crippen LogP contribution < -0.4 is 5.32 Å². The fourth-order valence-electron chi connectivity index (χ4n) is 2.43. The van der Waals surface area contributed by atoms with Crippen molar-refractivity contribution in [2.45, 2.75) is 12.6 Å². The molecule has 1 heterocycles. The molecular formula is C19H17Cl2NO2. The summed E-state index contributed by atoms with van der Waals surface area (Å²) in [6.45, 7) is 0.969. The van der Waals surface area contributed by atoms with E-state index in [1.54, 1.807) is 12.1 Å². The Morgan fingerprint density at radius 1 is 1.00 bits per heavy atom. The van der Waals surface area contributed by atoms with Crippen LogP contribution in [0.25, 0.3) is 11.3 Å².